The number of nitrogen functional groups attached to an aromatic ring is 1. The van der Waals surface area contributed by atoms with Crippen LogP contribution in [-0.4, -0.2) is 32.0 Å². The summed E-state index contributed by atoms with van der Waals surface area (Å²) < 4.78 is 2.01. The summed E-state index contributed by atoms with van der Waals surface area (Å²) >= 11 is 0. The van der Waals surface area contributed by atoms with Gasteiger partial charge in [0.15, 0.2) is 0 Å². The van der Waals surface area contributed by atoms with Crippen molar-refractivity contribution in [2.75, 3.05) is 12.3 Å². The fourth-order valence-electron chi connectivity index (χ4n) is 1.62. The van der Waals surface area contributed by atoms with Crippen LogP contribution in [0.3, 0.4) is 0 Å². The largest absolute Gasteiger partial charge is 0.382 e. The molecule has 2 aromatic rings. The van der Waals surface area contributed by atoms with Crippen LogP contribution in [0.15, 0.2) is 31.1 Å². The fourth-order valence-corrected chi connectivity index (χ4v) is 1.62. The van der Waals surface area contributed by atoms with Crippen molar-refractivity contribution in [2.24, 2.45) is 0 Å². The molecule has 7 nitrogen and oxygen atoms in total. The van der Waals surface area contributed by atoms with Crippen LogP contribution in [0.5, 0.6) is 0 Å². The van der Waals surface area contributed by atoms with Crippen LogP contribution in [-0.2, 0) is 6.54 Å². The Morgan fingerprint density at radius 2 is 2.21 bits per heavy atom. The number of amides is 1. The Labute approximate surface area is 110 Å². The molecule has 100 valence electrons. The van der Waals surface area contributed by atoms with Crippen LogP contribution >= 0.6 is 0 Å². The van der Waals surface area contributed by atoms with Crippen molar-refractivity contribution < 1.29 is 4.79 Å². The summed E-state index contributed by atoms with van der Waals surface area (Å²) in [5.74, 6) is -0.00445. The zero-order valence-electron chi connectivity index (χ0n) is 10.5. The number of hydrogen-bond donors (Lipinski definition) is 2. The van der Waals surface area contributed by atoms with Crippen LogP contribution in [0.1, 0.15) is 23.3 Å². The Bertz CT molecular complexity index is 525. The molecule has 0 atom stereocenters. The standard InChI is InChI=1S/C12H16N6O/c13-11-8-15-7-10(17-11)12(19)16-3-1-2-5-18-6-4-14-9-18/h4,6-9H,1-3,5H2,(H2,13,17)(H,16,19). The molecule has 0 aliphatic rings. The first kappa shape index (κ1) is 13.0. The molecule has 0 aliphatic carbocycles. The van der Waals surface area contributed by atoms with Crippen molar-refractivity contribution in [2.45, 2.75) is 19.4 Å². The van der Waals surface area contributed by atoms with E-state index in [2.05, 4.69) is 20.3 Å². The summed E-state index contributed by atoms with van der Waals surface area (Å²) in [4.78, 5) is 23.4. The smallest absolute Gasteiger partial charge is 0.271 e. The molecule has 0 fully saturated rings. The minimum Gasteiger partial charge on any atom is -0.382 e. The SMILES string of the molecule is Nc1cncc(C(=O)NCCCCn2ccnc2)n1. The monoisotopic (exact) mass is 260 g/mol. The molecule has 0 radical (unpaired) electrons. The predicted molar refractivity (Wildman–Crippen MR) is 70.2 cm³/mol. The van der Waals surface area contributed by atoms with Crippen LogP contribution < -0.4 is 11.1 Å². The molecule has 0 bridgehead atoms. The van der Waals surface area contributed by atoms with Crippen molar-refractivity contribution in [3.63, 3.8) is 0 Å². The molecule has 3 N–H and O–H groups in total. The first-order chi connectivity index (χ1) is 9.25. The van der Waals surface area contributed by atoms with E-state index in [1.54, 1.807) is 12.5 Å². The van der Waals surface area contributed by atoms with E-state index in [1.807, 2.05) is 10.8 Å². The minimum absolute atomic E-state index is 0.243. The van der Waals surface area contributed by atoms with Crippen LogP contribution in [0.25, 0.3) is 0 Å². The molecule has 2 heterocycles. The summed E-state index contributed by atoms with van der Waals surface area (Å²) in [5.41, 5.74) is 5.71. The second-order valence-corrected chi connectivity index (χ2v) is 4.09. The van der Waals surface area contributed by atoms with Crippen LogP contribution in [0.4, 0.5) is 5.82 Å². The minimum atomic E-state index is -0.248. The van der Waals surface area contributed by atoms with E-state index in [0.717, 1.165) is 19.4 Å². The Kier molecular flexibility index (Phi) is 4.44. The third-order valence-corrected chi connectivity index (χ3v) is 2.57. The van der Waals surface area contributed by atoms with E-state index >= 15 is 0 Å². The van der Waals surface area contributed by atoms with Crippen molar-refractivity contribution in [1.82, 2.24) is 24.8 Å². The number of carbonyl (C=O) groups excluding carboxylic acids is 1. The van der Waals surface area contributed by atoms with Crippen molar-refractivity contribution in [3.8, 4) is 0 Å². The number of unbranched alkanes of at least 4 members (excludes halogenated alkanes) is 1. The molecular weight excluding hydrogens is 244 g/mol. The molecule has 0 aliphatic heterocycles. The van der Waals surface area contributed by atoms with Gasteiger partial charge in [-0.05, 0) is 12.8 Å². The predicted octanol–water partition coefficient (Wildman–Crippen LogP) is 0.465. The van der Waals surface area contributed by atoms with Gasteiger partial charge in [0, 0.05) is 25.5 Å². The normalized spacial score (nSPS) is 10.3. The molecule has 0 unspecified atom stereocenters. The van der Waals surface area contributed by atoms with Gasteiger partial charge in [0.25, 0.3) is 5.91 Å². The number of anilines is 1. The number of nitrogens with two attached hydrogens (primary N) is 1. The fraction of sp³-hybridized carbons (Fsp3) is 0.333. The number of aromatic nitrogens is 4. The number of nitrogens with zero attached hydrogens (tertiary/aromatic N) is 4. The van der Waals surface area contributed by atoms with Gasteiger partial charge >= 0.3 is 0 Å². The summed E-state index contributed by atoms with van der Waals surface area (Å²) in [6.45, 7) is 1.50. The Morgan fingerprint density at radius 1 is 1.32 bits per heavy atom. The summed E-state index contributed by atoms with van der Waals surface area (Å²) in [7, 11) is 0. The van der Waals surface area contributed by atoms with E-state index in [1.165, 1.54) is 12.4 Å². The maximum atomic E-state index is 11.7. The average Bonchev–Trinajstić information content (AvgIpc) is 2.91. The van der Waals surface area contributed by atoms with Crippen LogP contribution in [0.2, 0.25) is 0 Å². The van der Waals surface area contributed by atoms with Crippen LogP contribution in [0, 0.1) is 0 Å². The van der Waals surface area contributed by atoms with Crippen molar-refractivity contribution in [3.05, 3.63) is 36.8 Å². The Balaban J connectivity index is 1.67. The van der Waals surface area contributed by atoms with Gasteiger partial charge in [-0.25, -0.2) is 9.97 Å². The van der Waals surface area contributed by atoms with E-state index < -0.39 is 0 Å². The molecule has 7 heteroatoms. The third kappa shape index (κ3) is 4.06. The van der Waals surface area contributed by atoms with Gasteiger partial charge < -0.3 is 15.6 Å². The lowest BCUT2D eigenvalue weighted by molar-refractivity contribution is 0.0947. The highest BCUT2D eigenvalue weighted by Gasteiger charge is 2.06. The van der Waals surface area contributed by atoms with Gasteiger partial charge in [-0.2, -0.15) is 0 Å². The number of imidazole rings is 1. The third-order valence-electron chi connectivity index (χ3n) is 2.57. The molecule has 0 aromatic carbocycles. The molecule has 19 heavy (non-hydrogen) atoms. The van der Waals surface area contributed by atoms with E-state index in [-0.39, 0.29) is 17.4 Å². The topological polar surface area (TPSA) is 98.7 Å². The maximum Gasteiger partial charge on any atom is 0.271 e. The van der Waals surface area contributed by atoms with E-state index in [0.29, 0.717) is 6.54 Å². The Morgan fingerprint density at radius 3 is 2.95 bits per heavy atom. The second-order valence-electron chi connectivity index (χ2n) is 4.09. The van der Waals surface area contributed by atoms with Gasteiger partial charge in [-0.3, -0.25) is 9.78 Å². The van der Waals surface area contributed by atoms with Gasteiger partial charge in [-0.15, -0.1) is 0 Å². The second kappa shape index (κ2) is 6.48. The summed E-state index contributed by atoms with van der Waals surface area (Å²) in [5, 5.41) is 2.78. The molecule has 2 rings (SSSR count). The molecule has 1 amide bonds. The summed E-state index contributed by atoms with van der Waals surface area (Å²) in [6.07, 6.45) is 10.1. The van der Waals surface area contributed by atoms with Crippen molar-refractivity contribution >= 4 is 11.7 Å². The highest BCUT2D eigenvalue weighted by atomic mass is 16.1. The number of nitrogens with one attached hydrogen (secondary N) is 1. The van der Waals surface area contributed by atoms with E-state index in [4.69, 9.17) is 5.73 Å². The van der Waals surface area contributed by atoms with Gasteiger partial charge in [0.2, 0.25) is 0 Å². The molecule has 0 spiro atoms. The number of rotatable bonds is 6. The quantitative estimate of drug-likeness (QED) is 0.735. The first-order valence-corrected chi connectivity index (χ1v) is 6.07. The first-order valence-electron chi connectivity index (χ1n) is 6.07. The molecule has 0 saturated carbocycles. The summed E-state index contributed by atoms with van der Waals surface area (Å²) in [6, 6.07) is 0. The maximum absolute atomic E-state index is 11.7. The molecule has 0 saturated heterocycles. The van der Waals surface area contributed by atoms with Gasteiger partial charge in [0.1, 0.15) is 11.5 Å². The highest BCUT2D eigenvalue weighted by molar-refractivity contribution is 5.92. The lowest BCUT2D eigenvalue weighted by Gasteiger charge is -2.05. The molecule has 2 aromatic heterocycles. The van der Waals surface area contributed by atoms with E-state index in [9.17, 15) is 4.79 Å². The number of aryl methyl sites for hydroxylation is 1. The zero-order chi connectivity index (χ0) is 13.5. The number of carbonyl (C=O) groups is 1. The average molecular weight is 260 g/mol. The highest BCUT2D eigenvalue weighted by Crippen LogP contribution is 1.98. The van der Waals surface area contributed by atoms with Gasteiger partial charge in [0.05, 0.1) is 18.7 Å². The lowest BCUT2D eigenvalue weighted by Crippen LogP contribution is -2.25. The van der Waals surface area contributed by atoms with Gasteiger partial charge in [-0.1, -0.05) is 0 Å². The molecular formula is C12H16N6O. The van der Waals surface area contributed by atoms with Crippen molar-refractivity contribution in [1.29, 1.82) is 0 Å². The Hall–Kier alpha value is -2.44. The number of hydrogen-bond acceptors (Lipinski definition) is 5. The lowest BCUT2D eigenvalue weighted by atomic mass is 10.3. The zero-order valence-corrected chi connectivity index (χ0v) is 10.5.